The number of nitrogens with one attached hydrogen (secondary N) is 1. The van der Waals surface area contributed by atoms with Gasteiger partial charge < -0.3 is 10.2 Å². The second-order valence-electron chi connectivity index (χ2n) is 7.32. The first-order valence-corrected chi connectivity index (χ1v) is 10.1. The van der Waals surface area contributed by atoms with Crippen molar-refractivity contribution in [3.05, 3.63) is 10.6 Å². The number of carbonyl (C=O) groups excluding carboxylic acids is 2. The Morgan fingerprint density at radius 3 is 2.71 bits per heavy atom. The van der Waals surface area contributed by atoms with Crippen LogP contribution in [0.15, 0.2) is 0 Å². The van der Waals surface area contributed by atoms with Crippen LogP contribution < -0.4 is 5.32 Å². The molecule has 2 heterocycles. The Kier molecular flexibility index (Phi) is 4.57. The van der Waals surface area contributed by atoms with Gasteiger partial charge >= 0.3 is 0 Å². The molecule has 1 aromatic heterocycles. The summed E-state index contributed by atoms with van der Waals surface area (Å²) in [5, 5.41) is 3.69. The highest BCUT2D eigenvalue weighted by molar-refractivity contribution is 7.15. The summed E-state index contributed by atoms with van der Waals surface area (Å²) in [6.45, 7) is 0.584. The van der Waals surface area contributed by atoms with Crippen LogP contribution in [-0.4, -0.2) is 34.3 Å². The van der Waals surface area contributed by atoms with E-state index in [9.17, 15) is 9.59 Å². The topological polar surface area (TPSA) is 62.3 Å². The van der Waals surface area contributed by atoms with Gasteiger partial charge in [0.2, 0.25) is 11.8 Å². The van der Waals surface area contributed by atoms with Crippen molar-refractivity contribution in [1.29, 1.82) is 0 Å². The smallest absolute Gasteiger partial charge is 0.231 e. The van der Waals surface area contributed by atoms with E-state index in [0.29, 0.717) is 19.0 Å². The lowest BCUT2D eigenvalue weighted by Gasteiger charge is -2.31. The van der Waals surface area contributed by atoms with Crippen LogP contribution in [0.1, 0.15) is 61.9 Å². The minimum atomic E-state index is -0.222. The molecule has 2 fully saturated rings. The Bertz CT molecular complexity index is 613. The van der Waals surface area contributed by atoms with Gasteiger partial charge in [-0.15, -0.1) is 11.3 Å². The van der Waals surface area contributed by atoms with Gasteiger partial charge in [0.15, 0.2) is 5.13 Å². The second-order valence-corrected chi connectivity index (χ2v) is 8.41. The number of likely N-dealkylation sites (tertiary alicyclic amines) is 1. The molecule has 1 aliphatic heterocycles. The molecule has 24 heavy (non-hydrogen) atoms. The normalized spacial score (nSPS) is 24.9. The maximum absolute atomic E-state index is 12.6. The van der Waals surface area contributed by atoms with Crippen LogP contribution in [0.5, 0.6) is 0 Å². The zero-order valence-electron chi connectivity index (χ0n) is 14.1. The van der Waals surface area contributed by atoms with Crippen LogP contribution in [0, 0.1) is 5.92 Å². The Morgan fingerprint density at radius 1 is 1.12 bits per heavy atom. The first kappa shape index (κ1) is 16.1. The highest BCUT2D eigenvalue weighted by Crippen LogP contribution is 2.32. The third-order valence-electron chi connectivity index (χ3n) is 5.62. The lowest BCUT2D eigenvalue weighted by molar-refractivity contribution is -0.130. The standard InChI is InChI=1S/C18H25N3O2S/c22-16-10-12(11-21(16)13-6-2-1-3-7-13)17(23)20-18-19-14-8-4-5-9-15(14)24-18/h12-13H,1-11H2,(H,19,20,23). The lowest BCUT2D eigenvalue weighted by Crippen LogP contribution is -2.38. The molecule has 3 aliphatic rings. The SMILES string of the molecule is O=C(Nc1nc2c(s1)CCCC2)C1CC(=O)N(C2CCCCC2)C1. The highest BCUT2D eigenvalue weighted by atomic mass is 32.1. The highest BCUT2D eigenvalue weighted by Gasteiger charge is 2.38. The molecule has 4 rings (SSSR count). The number of aromatic nitrogens is 1. The summed E-state index contributed by atoms with van der Waals surface area (Å²) >= 11 is 1.61. The summed E-state index contributed by atoms with van der Waals surface area (Å²) < 4.78 is 0. The number of carbonyl (C=O) groups is 2. The summed E-state index contributed by atoms with van der Waals surface area (Å²) in [5.41, 5.74) is 1.16. The average molecular weight is 347 g/mol. The Balaban J connectivity index is 1.38. The van der Waals surface area contributed by atoms with E-state index in [1.807, 2.05) is 4.90 Å². The fraction of sp³-hybridized carbons (Fsp3) is 0.722. The van der Waals surface area contributed by atoms with Gasteiger partial charge in [0.25, 0.3) is 0 Å². The van der Waals surface area contributed by atoms with Crippen LogP contribution in [0.4, 0.5) is 5.13 Å². The summed E-state index contributed by atoms with van der Waals surface area (Å²) in [4.78, 5) is 32.8. The van der Waals surface area contributed by atoms with Crippen molar-refractivity contribution < 1.29 is 9.59 Å². The third kappa shape index (κ3) is 3.21. The molecule has 0 aromatic carbocycles. The predicted octanol–water partition coefficient (Wildman–Crippen LogP) is 3.14. The van der Waals surface area contributed by atoms with Gasteiger partial charge in [0.05, 0.1) is 11.6 Å². The Hall–Kier alpha value is -1.43. The Labute approximate surface area is 146 Å². The molecule has 1 unspecified atom stereocenters. The molecule has 1 saturated carbocycles. The first-order valence-electron chi connectivity index (χ1n) is 9.29. The fourth-order valence-corrected chi connectivity index (χ4v) is 5.32. The molecule has 0 spiro atoms. The van der Waals surface area contributed by atoms with Gasteiger partial charge in [-0.3, -0.25) is 9.59 Å². The predicted molar refractivity (Wildman–Crippen MR) is 94.1 cm³/mol. The van der Waals surface area contributed by atoms with Gasteiger partial charge in [0.1, 0.15) is 0 Å². The molecule has 0 radical (unpaired) electrons. The number of rotatable bonds is 3. The Morgan fingerprint density at radius 2 is 1.92 bits per heavy atom. The number of nitrogens with zero attached hydrogens (tertiary/aromatic N) is 2. The minimum Gasteiger partial charge on any atom is -0.339 e. The summed E-state index contributed by atoms with van der Waals surface area (Å²) in [6, 6.07) is 0.358. The zero-order valence-corrected chi connectivity index (χ0v) is 14.9. The van der Waals surface area contributed by atoms with Gasteiger partial charge in [-0.05, 0) is 38.5 Å². The molecule has 6 heteroatoms. The first-order chi connectivity index (χ1) is 11.7. The minimum absolute atomic E-state index is 0.0345. The number of hydrogen-bond donors (Lipinski definition) is 1. The van der Waals surface area contributed by atoms with E-state index in [4.69, 9.17) is 0 Å². The van der Waals surface area contributed by atoms with E-state index < -0.39 is 0 Å². The maximum atomic E-state index is 12.6. The van der Waals surface area contributed by atoms with Gasteiger partial charge in [-0.2, -0.15) is 0 Å². The maximum Gasteiger partial charge on any atom is 0.231 e. The summed E-state index contributed by atoms with van der Waals surface area (Å²) in [6.07, 6.45) is 10.8. The molecule has 1 aromatic rings. The number of anilines is 1. The number of fused-ring (bicyclic) bond motifs is 1. The lowest BCUT2D eigenvalue weighted by atomic mass is 9.94. The largest absolute Gasteiger partial charge is 0.339 e. The van der Waals surface area contributed by atoms with Gasteiger partial charge in [-0.25, -0.2) is 4.98 Å². The van der Waals surface area contributed by atoms with Crippen molar-refractivity contribution in [2.24, 2.45) is 5.92 Å². The molecule has 2 aliphatic carbocycles. The monoisotopic (exact) mass is 347 g/mol. The summed E-state index contributed by atoms with van der Waals surface area (Å²) in [5.74, 6) is -0.103. The molecule has 0 bridgehead atoms. The second kappa shape index (κ2) is 6.82. The molecule has 1 saturated heterocycles. The molecule has 1 atom stereocenters. The van der Waals surface area contributed by atoms with Gasteiger partial charge in [-0.1, -0.05) is 19.3 Å². The van der Waals surface area contributed by atoms with Crippen molar-refractivity contribution in [3.63, 3.8) is 0 Å². The molecular formula is C18H25N3O2S. The van der Waals surface area contributed by atoms with Crippen LogP contribution in [0.3, 0.4) is 0 Å². The molecule has 130 valence electrons. The van der Waals surface area contributed by atoms with E-state index in [-0.39, 0.29) is 17.7 Å². The third-order valence-corrected chi connectivity index (χ3v) is 6.69. The number of amides is 2. The number of aryl methyl sites for hydroxylation is 2. The van der Waals surface area contributed by atoms with Crippen LogP contribution in [0.2, 0.25) is 0 Å². The fourth-order valence-electron chi connectivity index (χ4n) is 4.27. The molecule has 1 N–H and O–H groups in total. The van der Waals surface area contributed by atoms with Crippen LogP contribution >= 0.6 is 11.3 Å². The van der Waals surface area contributed by atoms with E-state index >= 15 is 0 Å². The quantitative estimate of drug-likeness (QED) is 0.914. The summed E-state index contributed by atoms with van der Waals surface area (Å²) in [7, 11) is 0. The van der Waals surface area contributed by atoms with E-state index in [1.54, 1.807) is 11.3 Å². The van der Waals surface area contributed by atoms with Gasteiger partial charge in [0, 0.05) is 23.9 Å². The average Bonchev–Trinajstić information content (AvgIpc) is 3.18. The van der Waals surface area contributed by atoms with E-state index in [0.717, 1.165) is 36.5 Å². The zero-order chi connectivity index (χ0) is 16.5. The van der Waals surface area contributed by atoms with E-state index in [1.165, 1.54) is 37.0 Å². The molecular weight excluding hydrogens is 322 g/mol. The van der Waals surface area contributed by atoms with Crippen LogP contribution in [0.25, 0.3) is 0 Å². The molecule has 5 nitrogen and oxygen atoms in total. The van der Waals surface area contributed by atoms with Crippen molar-refractivity contribution >= 4 is 28.3 Å². The van der Waals surface area contributed by atoms with Crippen molar-refractivity contribution in [1.82, 2.24) is 9.88 Å². The van der Waals surface area contributed by atoms with Crippen LogP contribution in [-0.2, 0) is 22.4 Å². The van der Waals surface area contributed by atoms with E-state index in [2.05, 4.69) is 10.3 Å². The van der Waals surface area contributed by atoms with Crippen molar-refractivity contribution in [2.75, 3.05) is 11.9 Å². The number of hydrogen-bond acceptors (Lipinski definition) is 4. The molecule has 2 amide bonds. The van der Waals surface area contributed by atoms with Crippen molar-refractivity contribution in [3.8, 4) is 0 Å². The number of thiazole rings is 1. The van der Waals surface area contributed by atoms with Crippen molar-refractivity contribution in [2.45, 2.75) is 70.3 Å².